The number of hydrogen-bond donors (Lipinski definition) is 0. The van der Waals surface area contributed by atoms with Gasteiger partial charge in [-0.15, -0.1) is 13.2 Å². The maximum absolute atomic E-state index is 12.3. The molecule has 0 saturated carbocycles. The maximum atomic E-state index is 12.3. The molecular formula is C19H20F3N3O2. The molecule has 2 aromatic rings. The molecule has 8 heteroatoms. The number of alkyl halides is 3. The first-order chi connectivity index (χ1) is 12.8. The highest BCUT2D eigenvalue weighted by Gasteiger charge is 2.31. The molecule has 3 rings (SSSR count). The van der Waals surface area contributed by atoms with E-state index in [1.807, 2.05) is 6.92 Å². The van der Waals surface area contributed by atoms with Crippen molar-refractivity contribution in [2.45, 2.75) is 33.1 Å². The van der Waals surface area contributed by atoms with Gasteiger partial charge in [-0.25, -0.2) is 9.97 Å². The van der Waals surface area contributed by atoms with Crippen LogP contribution < -0.4 is 9.64 Å². The topological polar surface area (TPSA) is 55.3 Å². The molecule has 0 bridgehead atoms. The Bertz CT molecular complexity index is 814. The number of hydrogen-bond acceptors (Lipinski definition) is 5. The van der Waals surface area contributed by atoms with Crippen LogP contribution in [0, 0.1) is 19.8 Å². The Labute approximate surface area is 155 Å². The second-order valence-corrected chi connectivity index (χ2v) is 6.60. The molecule has 27 heavy (non-hydrogen) atoms. The fourth-order valence-corrected chi connectivity index (χ4v) is 3.26. The molecule has 0 unspecified atom stereocenters. The molecule has 0 aliphatic carbocycles. The van der Waals surface area contributed by atoms with Crippen LogP contribution >= 0.6 is 0 Å². The zero-order chi connectivity index (χ0) is 19.6. The number of aromatic nitrogens is 2. The summed E-state index contributed by atoms with van der Waals surface area (Å²) in [7, 11) is 0. The van der Waals surface area contributed by atoms with Crippen LogP contribution in [0.15, 0.2) is 24.3 Å². The molecule has 0 N–H and O–H groups in total. The van der Waals surface area contributed by atoms with E-state index in [-0.39, 0.29) is 11.7 Å². The van der Waals surface area contributed by atoms with Crippen LogP contribution in [0.3, 0.4) is 0 Å². The van der Waals surface area contributed by atoms with Gasteiger partial charge in [0.15, 0.2) is 0 Å². The van der Waals surface area contributed by atoms with Gasteiger partial charge in [-0.1, -0.05) is 0 Å². The molecule has 144 valence electrons. The summed E-state index contributed by atoms with van der Waals surface area (Å²) in [4.78, 5) is 22.1. The largest absolute Gasteiger partial charge is 0.573 e. The van der Waals surface area contributed by atoms with Crippen molar-refractivity contribution in [2.75, 3.05) is 18.0 Å². The van der Waals surface area contributed by atoms with Gasteiger partial charge in [0.25, 0.3) is 0 Å². The highest BCUT2D eigenvalue weighted by atomic mass is 19.4. The number of carbonyl (C=O) groups excluding carboxylic acids is 1. The smallest absolute Gasteiger partial charge is 0.406 e. The second-order valence-electron chi connectivity index (χ2n) is 6.60. The highest BCUT2D eigenvalue weighted by molar-refractivity contribution is 5.69. The lowest BCUT2D eigenvalue weighted by atomic mass is 9.98. The first kappa shape index (κ1) is 19.1. The predicted molar refractivity (Wildman–Crippen MR) is 94.6 cm³/mol. The van der Waals surface area contributed by atoms with Gasteiger partial charge < -0.3 is 14.4 Å². The summed E-state index contributed by atoms with van der Waals surface area (Å²) < 4.78 is 40.9. The van der Waals surface area contributed by atoms with E-state index in [0.717, 1.165) is 43.6 Å². The third-order valence-electron chi connectivity index (χ3n) is 4.62. The Morgan fingerprint density at radius 1 is 1.11 bits per heavy atom. The van der Waals surface area contributed by atoms with Gasteiger partial charge in [0.05, 0.1) is 5.69 Å². The van der Waals surface area contributed by atoms with Gasteiger partial charge in [0, 0.05) is 30.1 Å². The lowest BCUT2D eigenvalue weighted by Crippen LogP contribution is -2.35. The van der Waals surface area contributed by atoms with Crippen molar-refractivity contribution in [2.24, 2.45) is 5.92 Å². The number of benzene rings is 1. The van der Waals surface area contributed by atoms with E-state index in [1.54, 1.807) is 19.1 Å². The summed E-state index contributed by atoms with van der Waals surface area (Å²) in [5, 5.41) is 0. The maximum Gasteiger partial charge on any atom is 0.573 e. The van der Waals surface area contributed by atoms with Crippen molar-refractivity contribution in [3.8, 4) is 17.0 Å². The van der Waals surface area contributed by atoms with Crippen molar-refractivity contribution in [3.05, 3.63) is 35.7 Å². The molecule has 5 nitrogen and oxygen atoms in total. The Balaban J connectivity index is 1.88. The number of rotatable bonds is 4. The fraction of sp³-hybridized carbons (Fsp3) is 0.421. The molecule has 1 aromatic heterocycles. The van der Waals surface area contributed by atoms with Gasteiger partial charge in [0.2, 0.25) is 0 Å². The SMILES string of the molecule is Cc1nc(-c2ccc(OC(F)(F)F)cc2)c(C)c(N2CCC(C=O)CC2)n1. The number of carbonyl (C=O) groups is 1. The van der Waals surface area contributed by atoms with Crippen LogP contribution in [0.25, 0.3) is 11.3 Å². The number of anilines is 1. The predicted octanol–water partition coefficient (Wildman–Crippen LogP) is 4.07. The Hall–Kier alpha value is -2.64. The van der Waals surface area contributed by atoms with Crippen molar-refractivity contribution in [1.29, 1.82) is 0 Å². The number of aldehydes is 1. The van der Waals surface area contributed by atoms with Crippen LogP contribution in [-0.4, -0.2) is 35.7 Å². The number of nitrogens with zero attached hydrogens (tertiary/aromatic N) is 3. The van der Waals surface area contributed by atoms with E-state index in [1.165, 1.54) is 12.1 Å². The van der Waals surface area contributed by atoms with Crippen LogP contribution in [0.2, 0.25) is 0 Å². The average molecular weight is 379 g/mol. The zero-order valence-electron chi connectivity index (χ0n) is 15.1. The first-order valence-electron chi connectivity index (χ1n) is 8.68. The monoisotopic (exact) mass is 379 g/mol. The van der Waals surface area contributed by atoms with E-state index in [9.17, 15) is 18.0 Å². The molecule has 1 fully saturated rings. The molecule has 0 spiro atoms. The number of ether oxygens (including phenoxy) is 1. The van der Waals surface area contributed by atoms with E-state index >= 15 is 0 Å². The van der Waals surface area contributed by atoms with Gasteiger partial charge >= 0.3 is 6.36 Å². The lowest BCUT2D eigenvalue weighted by molar-refractivity contribution is -0.274. The van der Waals surface area contributed by atoms with E-state index in [2.05, 4.69) is 19.6 Å². The lowest BCUT2D eigenvalue weighted by Gasteiger charge is -2.32. The van der Waals surface area contributed by atoms with Gasteiger partial charge in [-0.05, 0) is 51.0 Å². The quantitative estimate of drug-likeness (QED) is 0.750. The van der Waals surface area contributed by atoms with Crippen LogP contribution in [0.1, 0.15) is 24.2 Å². The number of piperidine rings is 1. The molecule has 0 atom stereocenters. The zero-order valence-corrected chi connectivity index (χ0v) is 15.1. The Morgan fingerprint density at radius 2 is 1.74 bits per heavy atom. The summed E-state index contributed by atoms with van der Waals surface area (Å²) in [5.74, 6) is 1.20. The van der Waals surface area contributed by atoms with Crippen molar-refractivity contribution < 1.29 is 22.7 Å². The van der Waals surface area contributed by atoms with Gasteiger partial charge in [0.1, 0.15) is 23.7 Å². The Morgan fingerprint density at radius 3 is 2.30 bits per heavy atom. The number of aryl methyl sites for hydroxylation is 1. The summed E-state index contributed by atoms with van der Waals surface area (Å²) in [6, 6.07) is 5.65. The van der Waals surface area contributed by atoms with E-state index < -0.39 is 6.36 Å². The van der Waals surface area contributed by atoms with Crippen molar-refractivity contribution >= 4 is 12.1 Å². The summed E-state index contributed by atoms with van der Waals surface area (Å²) >= 11 is 0. The summed E-state index contributed by atoms with van der Waals surface area (Å²) in [5.41, 5.74) is 2.22. The molecule has 0 amide bonds. The molecule has 2 heterocycles. The fourth-order valence-electron chi connectivity index (χ4n) is 3.26. The second kappa shape index (κ2) is 7.54. The van der Waals surface area contributed by atoms with Crippen LogP contribution in [0.4, 0.5) is 19.0 Å². The average Bonchev–Trinajstić information content (AvgIpc) is 2.63. The van der Waals surface area contributed by atoms with E-state index in [0.29, 0.717) is 17.1 Å². The molecule has 0 radical (unpaired) electrons. The third-order valence-corrected chi connectivity index (χ3v) is 4.62. The molecule has 1 aromatic carbocycles. The summed E-state index contributed by atoms with van der Waals surface area (Å²) in [6.07, 6.45) is -2.15. The van der Waals surface area contributed by atoms with Gasteiger partial charge in [-0.2, -0.15) is 0 Å². The van der Waals surface area contributed by atoms with Crippen LogP contribution in [0.5, 0.6) is 5.75 Å². The molecular weight excluding hydrogens is 359 g/mol. The minimum absolute atomic E-state index is 0.0881. The molecule has 1 aliphatic heterocycles. The molecule has 1 aliphatic rings. The van der Waals surface area contributed by atoms with Crippen molar-refractivity contribution in [3.63, 3.8) is 0 Å². The first-order valence-corrected chi connectivity index (χ1v) is 8.68. The van der Waals surface area contributed by atoms with Crippen LogP contribution in [-0.2, 0) is 4.79 Å². The van der Waals surface area contributed by atoms with Gasteiger partial charge in [-0.3, -0.25) is 0 Å². The standard InChI is InChI=1S/C19H20F3N3O2/c1-12-17(15-3-5-16(6-4-15)27-19(20,21)22)23-13(2)24-18(12)25-9-7-14(11-26)8-10-25/h3-6,11,14H,7-10H2,1-2H3. The summed E-state index contributed by atoms with van der Waals surface area (Å²) in [6.45, 7) is 5.15. The normalized spacial score (nSPS) is 15.7. The highest BCUT2D eigenvalue weighted by Crippen LogP contribution is 2.32. The number of halogens is 3. The van der Waals surface area contributed by atoms with E-state index in [4.69, 9.17) is 0 Å². The Kier molecular flexibility index (Phi) is 5.34. The minimum Gasteiger partial charge on any atom is -0.406 e. The third kappa shape index (κ3) is 4.56. The minimum atomic E-state index is -4.72. The van der Waals surface area contributed by atoms with Crippen molar-refractivity contribution in [1.82, 2.24) is 9.97 Å². The molecule has 1 saturated heterocycles.